The van der Waals surface area contributed by atoms with Gasteiger partial charge in [0.2, 0.25) is 0 Å². The number of likely N-dealkylation sites (tertiary alicyclic amines) is 1. The van der Waals surface area contributed by atoms with Gasteiger partial charge < -0.3 is 15.3 Å². The number of β-amino-alcohol motifs (C(OH)–C–C–N with tert-alkyl or cyclic N) is 1. The number of hydrogen-bond acceptors (Lipinski definition) is 2. The summed E-state index contributed by atoms with van der Waals surface area (Å²) in [5.41, 5.74) is 0.559. The van der Waals surface area contributed by atoms with Crippen molar-refractivity contribution in [3.63, 3.8) is 0 Å². The maximum absolute atomic E-state index is 13.8. The summed E-state index contributed by atoms with van der Waals surface area (Å²) in [5, 5.41) is 12.8. The minimum Gasteiger partial charge on any atom is -0.391 e. The molecule has 1 aliphatic heterocycles. The summed E-state index contributed by atoms with van der Waals surface area (Å²) >= 11 is 3.24. The fraction of sp³-hybridized carbons (Fsp3) is 0.500. The molecule has 1 aromatic carbocycles. The van der Waals surface area contributed by atoms with Crippen molar-refractivity contribution in [3.8, 4) is 0 Å². The van der Waals surface area contributed by atoms with Crippen LogP contribution in [0.25, 0.3) is 0 Å². The Morgan fingerprint density at radius 3 is 2.90 bits per heavy atom. The molecule has 0 bridgehead atoms. The number of hydrogen-bond donors (Lipinski definition) is 2. The summed E-state index contributed by atoms with van der Waals surface area (Å²) in [6.45, 7) is 4.37. The topological polar surface area (TPSA) is 47.9 Å². The molecule has 2 rings (SSSR count). The van der Waals surface area contributed by atoms with E-state index in [1.807, 2.05) is 11.8 Å². The zero-order chi connectivity index (χ0) is 14.5. The third-order valence-electron chi connectivity index (χ3n) is 3.21. The molecule has 0 aromatic heterocycles. The van der Waals surface area contributed by atoms with E-state index in [2.05, 4.69) is 26.2 Å². The number of nitrogens with one attached hydrogen (secondary N) is 1. The molecule has 21 heavy (non-hydrogen) atoms. The van der Waals surface area contributed by atoms with Gasteiger partial charge in [-0.25, -0.2) is 9.38 Å². The standard InChI is InChI=1S/C14H19BrFN3O.HI/c1-2-17-14(19-6-5-12(20)9-19)18-8-10-3-4-11(15)7-13(10)16;/h3-4,7,12,20H,2,5-6,8-9H2,1H3,(H,17,18);1H/t12-;/m1./s1. The van der Waals surface area contributed by atoms with Crippen LogP contribution in [-0.2, 0) is 6.54 Å². The van der Waals surface area contributed by atoms with Crippen LogP contribution in [-0.4, -0.2) is 41.7 Å². The van der Waals surface area contributed by atoms with Crippen LogP contribution in [0, 0.1) is 5.82 Å². The van der Waals surface area contributed by atoms with Crippen LogP contribution in [0.4, 0.5) is 4.39 Å². The lowest BCUT2D eigenvalue weighted by atomic mass is 10.2. The largest absolute Gasteiger partial charge is 0.391 e. The zero-order valence-corrected chi connectivity index (χ0v) is 15.8. The van der Waals surface area contributed by atoms with Crippen LogP contribution >= 0.6 is 39.9 Å². The van der Waals surface area contributed by atoms with E-state index in [0.717, 1.165) is 29.9 Å². The van der Waals surface area contributed by atoms with Crippen LogP contribution in [0.5, 0.6) is 0 Å². The van der Waals surface area contributed by atoms with Gasteiger partial charge in [-0.15, -0.1) is 24.0 Å². The van der Waals surface area contributed by atoms with E-state index in [0.29, 0.717) is 12.1 Å². The number of halogens is 3. The molecule has 0 amide bonds. The highest BCUT2D eigenvalue weighted by Crippen LogP contribution is 2.16. The number of guanidine groups is 1. The summed E-state index contributed by atoms with van der Waals surface area (Å²) in [6.07, 6.45) is 0.445. The number of nitrogens with zero attached hydrogens (tertiary/aromatic N) is 2. The number of aliphatic hydroxyl groups is 1. The van der Waals surface area contributed by atoms with Crippen molar-refractivity contribution in [2.45, 2.75) is 26.0 Å². The summed E-state index contributed by atoms with van der Waals surface area (Å²) in [7, 11) is 0. The summed E-state index contributed by atoms with van der Waals surface area (Å²) in [4.78, 5) is 6.46. The highest BCUT2D eigenvalue weighted by molar-refractivity contribution is 14.0. The fourth-order valence-electron chi connectivity index (χ4n) is 2.17. The molecule has 0 unspecified atom stereocenters. The van der Waals surface area contributed by atoms with Crippen molar-refractivity contribution in [1.29, 1.82) is 0 Å². The summed E-state index contributed by atoms with van der Waals surface area (Å²) < 4.78 is 14.5. The van der Waals surface area contributed by atoms with Crippen molar-refractivity contribution in [2.75, 3.05) is 19.6 Å². The molecule has 118 valence electrons. The minimum atomic E-state index is -0.303. The maximum Gasteiger partial charge on any atom is 0.194 e. The average molecular weight is 472 g/mol. The van der Waals surface area contributed by atoms with E-state index in [4.69, 9.17) is 0 Å². The lowest BCUT2D eigenvalue weighted by Gasteiger charge is -2.21. The van der Waals surface area contributed by atoms with E-state index >= 15 is 0 Å². The Kier molecular flexibility index (Phi) is 7.89. The van der Waals surface area contributed by atoms with Gasteiger partial charge in [-0.1, -0.05) is 22.0 Å². The van der Waals surface area contributed by atoms with Crippen LogP contribution in [0.15, 0.2) is 27.7 Å². The van der Waals surface area contributed by atoms with E-state index in [1.54, 1.807) is 12.1 Å². The predicted molar refractivity (Wildman–Crippen MR) is 96.5 cm³/mol. The number of rotatable bonds is 3. The van der Waals surface area contributed by atoms with Crippen LogP contribution in [0.3, 0.4) is 0 Å². The Morgan fingerprint density at radius 1 is 1.57 bits per heavy atom. The summed E-state index contributed by atoms with van der Waals surface area (Å²) in [6, 6.07) is 4.98. The van der Waals surface area contributed by atoms with Crippen molar-refractivity contribution in [3.05, 3.63) is 34.1 Å². The Bertz CT molecular complexity index is 501. The SMILES string of the molecule is CCNC(=NCc1ccc(Br)cc1F)N1CC[C@@H](O)C1.I. The fourth-order valence-corrected chi connectivity index (χ4v) is 2.50. The average Bonchev–Trinajstić information content (AvgIpc) is 2.83. The predicted octanol–water partition coefficient (Wildman–Crippen LogP) is 2.74. The second-order valence-corrected chi connectivity index (χ2v) is 5.71. The molecule has 1 fully saturated rings. The van der Waals surface area contributed by atoms with Crippen LogP contribution < -0.4 is 5.32 Å². The highest BCUT2D eigenvalue weighted by Gasteiger charge is 2.22. The number of benzene rings is 1. The molecule has 7 heteroatoms. The first-order valence-electron chi connectivity index (χ1n) is 6.75. The third-order valence-corrected chi connectivity index (χ3v) is 3.71. The van der Waals surface area contributed by atoms with Gasteiger partial charge in [-0.05, 0) is 25.5 Å². The van der Waals surface area contributed by atoms with Crippen molar-refractivity contribution in [1.82, 2.24) is 10.2 Å². The second-order valence-electron chi connectivity index (χ2n) is 4.79. The molecule has 0 spiro atoms. The number of aliphatic hydroxyl groups excluding tert-OH is 1. The first-order chi connectivity index (χ1) is 9.60. The molecule has 2 N–H and O–H groups in total. The van der Waals surface area contributed by atoms with Gasteiger partial charge in [-0.3, -0.25) is 0 Å². The van der Waals surface area contributed by atoms with Gasteiger partial charge in [0.1, 0.15) is 5.82 Å². The summed E-state index contributed by atoms with van der Waals surface area (Å²) in [5.74, 6) is 0.465. The van der Waals surface area contributed by atoms with Crippen LogP contribution in [0.2, 0.25) is 0 Å². The maximum atomic E-state index is 13.8. The molecule has 4 nitrogen and oxygen atoms in total. The quantitative estimate of drug-likeness (QED) is 0.405. The molecule has 1 heterocycles. The van der Waals surface area contributed by atoms with Gasteiger partial charge >= 0.3 is 0 Å². The van der Waals surface area contributed by atoms with Gasteiger partial charge in [0.25, 0.3) is 0 Å². The zero-order valence-electron chi connectivity index (χ0n) is 11.9. The van der Waals surface area contributed by atoms with Crippen molar-refractivity contribution in [2.24, 2.45) is 4.99 Å². The van der Waals surface area contributed by atoms with Gasteiger partial charge in [-0.2, -0.15) is 0 Å². The van der Waals surface area contributed by atoms with E-state index in [-0.39, 0.29) is 42.4 Å². The number of aliphatic imine (C=N–C) groups is 1. The molecule has 0 radical (unpaired) electrons. The first-order valence-corrected chi connectivity index (χ1v) is 7.54. The van der Waals surface area contributed by atoms with E-state index in [1.165, 1.54) is 6.07 Å². The first kappa shape index (κ1) is 18.6. The highest BCUT2D eigenvalue weighted by atomic mass is 127. The lowest BCUT2D eigenvalue weighted by molar-refractivity contribution is 0.188. The molecule has 1 aliphatic rings. The molecular formula is C14H20BrFIN3O. The second kappa shape index (κ2) is 8.89. The van der Waals surface area contributed by atoms with Crippen molar-refractivity contribution >= 4 is 45.9 Å². The van der Waals surface area contributed by atoms with E-state index < -0.39 is 0 Å². The van der Waals surface area contributed by atoms with Gasteiger partial charge in [0, 0.05) is 29.7 Å². The normalized spacial score (nSPS) is 18.6. The van der Waals surface area contributed by atoms with Crippen LogP contribution in [0.1, 0.15) is 18.9 Å². The van der Waals surface area contributed by atoms with Gasteiger partial charge in [0.05, 0.1) is 12.6 Å². The lowest BCUT2D eigenvalue weighted by Crippen LogP contribution is -2.40. The Morgan fingerprint density at radius 2 is 2.33 bits per heavy atom. The molecule has 0 saturated carbocycles. The minimum absolute atomic E-state index is 0. The molecule has 1 aromatic rings. The molecule has 1 atom stereocenters. The monoisotopic (exact) mass is 471 g/mol. The smallest absolute Gasteiger partial charge is 0.194 e. The Hall–Kier alpha value is -0.410. The van der Waals surface area contributed by atoms with Gasteiger partial charge in [0.15, 0.2) is 5.96 Å². The third kappa shape index (κ3) is 5.37. The van der Waals surface area contributed by atoms with E-state index in [9.17, 15) is 9.50 Å². The molecular weight excluding hydrogens is 452 g/mol. The molecule has 0 aliphatic carbocycles. The Balaban J connectivity index is 0.00000220. The Labute approximate surface area is 150 Å². The van der Waals surface area contributed by atoms with Crippen molar-refractivity contribution < 1.29 is 9.50 Å². The molecule has 1 saturated heterocycles.